The van der Waals surface area contributed by atoms with Gasteiger partial charge >= 0.3 is 0 Å². The van der Waals surface area contributed by atoms with E-state index in [2.05, 4.69) is 117 Å². The Kier molecular flexibility index (Phi) is 7.43. The molecule has 2 aromatic carbocycles. The second-order valence-electron chi connectivity index (χ2n) is 10.2. The summed E-state index contributed by atoms with van der Waals surface area (Å²) in [7, 11) is 0. The molecular weight excluding hydrogens is 376 g/mol. The highest BCUT2D eigenvalue weighted by molar-refractivity contribution is 5.49. The van der Waals surface area contributed by atoms with Crippen molar-refractivity contribution < 1.29 is 4.74 Å². The predicted octanol–water partition coefficient (Wildman–Crippen LogP) is 8.58. The third-order valence-corrected chi connectivity index (χ3v) is 8.18. The van der Waals surface area contributed by atoms with E-state index in [1.165, 1.54) is 11.1 Å². The van der Waals surface area contributed by atoms with Crippen LogP contribution in [-0.2, 0) is 15.6 Å². The van der Waals surface area contributed by atoms with E-state index >= 15 is 0 Å². The van der Waals surface area contributed by atoms with Gasteiger partial charge in [0, 0.05) is 10.8 Å². The molecule has 168 valence electrons. The van der Waals surface area contributed by atoms with Gasteiger partial charge in [-0.3, -0.25) is 0 Å². The van der Waals surface area contributed by atoms with Crippen LogP contribution in [0.25, 0.3) is 12.2 Å². The molecule has 2 unspecified atom stereocenters. The highest BCUT2D eigenvalue weighted by Gasteiger charge is 2.51. The first-order chi connectivity index (χ1) is 14.4. The topological polar surface area (TPSA) is 9.23 Å². The zero-order chi connectivity index (χ0) is 23.5. The third kappa shape index (κ3) is 4.58. The maximum Gasteiger partial charge on any atom is 0.0750 e. The molecule has 0 aliphatic heterocycles. The van der Waals surface area contributed by atoms with Crippen molar-refractivity contribution in [2.45, 2.75) is 90.3 Å². The van der Waals surface area contributed by atoms with Crippen LogP contribution in [0, 0.1) is 0 Å². The Hall–Kier alpha value is -2.12. The fourth-order valence-electron chi connectivity index (χ4n) is 4.46. The van der Waals surface area contributed by atoms with Gasteiger partial charge in [0.25, 0.3) is 0 Å². The molecule has 0 saturated heterocycles. The third-order valence-electron chi connectivity index (χ3n) is 8.18. The SMILES string of the molecule is C=Cc1ccc(C(C)(C)C(C)(CC)OC(C)(CC)C(C)(C)c2ccc(C=C)cc2)cc1. The molecule has 31 heavy (non-hydrogen) atoms. The van der Waals surface area contributed by atoms with Crippen LogP contribution in [0.1, 0.15) is 90.5 Å². The van der Waals surface area contributed by atoms with Gasteiger partial charge in [0.05, 0.1) is 11.2 Å². The van der Waals surface area contributed by atoms with Crippen molar-refractivity contribution in [3.8, 4) is 0 Å². The standard InChI is InChI=1S/C30H42O/c1-11-23-15-19-25(20-16-23)27(5,6)29(9,13-3)31-30(10,14-4)28(7,8)26-21-17-24(12-2)18-22-26/h11-12,15-22H,1-2,13-14H2,3-10H3. The molecule has 0 amide bonds. The summed E-state index contributed by atoms with van der Waals surface area (Å²) < 4.78 is 7.24. The monoisotopic (exact) mass is 418 g/mol. The van der Waals surface area contributed by atoms with Gasteiger partial charge in [-0.25, -0.2) is 0 Å². The Morgan fingerprint density at radius 3 is 1.13 bits per heavy atom. The minimum Gasteiger partial charge on any atom is -0.367 e. The smallest absolute Gasteiger partial charge is 0.0750 e. The Labute approximate surface area is 191 Å². The Morgan fingerprint density at radius 1 is 0.613 bits per heavy atom. The first-order valence-corrected chi connectivity index (χ1v) is 11.6. The summed E-state index contributed by atoms with van der Waals surface area (Å²) >= 11 is 0. The zero-order valence-electron chi connectivity index (χ0n) is 21.0. The molecule has 0 aliphatic carbocycles. The number of ether oxygens (including phenoxy) is 1. The van der Waals surface area contributed by atoms with E-state index in [9.17, 15) is 0 Å². The molecule has 1 nitrogen and oxygen atoms in total. The van der Waals surface area contributed by atoms with Gasteiger partial charge < -0.3 is 4.74 Å². The maximum absolute atomic E-state index is 7.24. The number of rotatable bonds is 10. The quantitative estimate of drug-likeness (QED) is 0.375. The summed E-state index contributed by atoms with van der Waals surface area (Å²) in [4.78, 5) is 0. The van der Waals surface area contributed by atoms with Crippen molar-refractivity contribution in [2.75, 3.05) is 0 Å². The highest BCUT2D eigenvalue weighted by atomic mass is 16.5. The van der Waals surface area contributed by atoms with E-state index in [0.717, 1.165) is 24.0 Å². The molecule has 2 aromatic rings. The van der Waals surface area contributed by atoms with Crippen LogP contribution >= 0.6 is 0 Å². The molecule has 0 spiro atoms. The summed E-state index contributed by atoms with van der Waals surface area (Å²) in [6, 6.07) is 17.4. The fourth-order valence-corrected chi connectivity index (χ4v) is 4.46. The lowest BCUT2D eigenvalue weighted by Gasteiger charge is -2.54. The molecule has 2 rings (SSSR count). The number of hydrogen-bond acceptors (Lipinski definition) is 1. The Bertz CT molecular complexity index is 810. The van der Waals surface area contributed by atoms with Gasteiger partial charge in [-0.2, -0.15) is 0 Å². The average Bonchev–Trinajstić information content (AvgIpc) is 2.78. The summed E-state index contributed by atoms with van der Waals surface area (Å²) in [6.45, 7) is 26.0. The Morgan fingerprint density at radius 2 is 0.903 bits per heavy atom. The molecule has 1 heteroatoms. The minimum absolute atomic E-state index is 0.166. The normalized spacial score (nSPS) is 16.3. The number of benzene rings is 2. The first-order valence-electron chi connectivity index (χ1n) is 11.6. The van der Waals surface area contributed by atoms with Crippen molar-refractivity contribution in [1.29, 1.82) is 0 Å². The van der Waals surface area contributed by atoms with Crippen LogP contribution in [-0.4, -0.2) is 11.2 Å². The molecule has 2 atom stereocenters. The fraction of sp³-hybridized carbons (Fsp3) is 0.467. The zero-order valence-corrected chi connectivity index (χ0v) is 21.0. The van der Waals surface area contributed by atoms with Crippen molar-refractivity contribution in [1.82, 2.24) is 0 Å². The van der Waals surface area contributed by atoms with E-state index in [0.29, 0.717) is 0 Å². The van der Waals surface area contributed by atoms with Crippen LogP contribution < -0.4 is 0 Å². The number of hydrogen-bond donors (Lipinski definition) is 0. The molecular formula is C30H42O. The molecule has 0 bridgehead atoms. The van der Waals surface area contributed by atoms with E-state index in [4.69, 9.17) is 4.74 Å². The molecule has 0 heterocycles. The van der Waals surface area contributed by atoms with Gasteiger partial charge in [-0.1, -0.05) is 115 Å². The van der Waals surface area contributed by atoms with Gasteiger partial charge in [0.15, 0.2) is 0 Å². The van der Waals surface area contributed by atoms with Crippen LogP contribution in [0.5, 0.6) is 0 Å². The van der Waals surface area contributed by atoms with Crippen LogP contribution in [0.4, 0.5) is 0 Å². The summed E-state index contributed by atoms with van der Waals surface area (Å²) in [5.74, 6) is 0. The van der Waals surface area contributed by atoms with Crippen LogP contribution in [0.15, 0.2) is 61.7 Å². The predicted molar refractivity (Wildman–Crippen MR) is 138 cm³/mol. The van der Waals surface area contributed by atoms with Crippen molar-refractivity contribution in [3.63, 3.8) is 0 Å². The lowest BCUT2D eigenvalue weighted by molar-refractivity contribution is -0.199. The largest absolute Gasteiger partial charge is 0.367 e. The van der Waals surface area contributed by atoms with Gasteiger partial charge in [0.1, 0.15) is 0 Å². The van der Waals surface area contributed by atoms with Crippen molar-refractivity contribution in [2.24, 2.45) is 0 Å². The minimum atomic E-state index is -0.341. The van der Waals surface area contributed by atoms with E-state index in [-0.39, 0.29) is 22.0 Å². The lowest BCUT2D eigenvalue weighted by Crippen LogP contribution is -2.57. The molecule has 0 saturated carbocycles. The molecule has 0 aliphatic rings. The Balaban J connectivity index is 2.48. The van der Waals surface area contributed by atoms with Crippen molar-refractivity contribution in [3.05, 3.63) is 83.9 Å². The second kappa shape index (κ2) is 9.17. The molecule has 0 fully saturated rings. The second-order valence-corrected chi connectivity index (χ2v) is 10.2. The molecule has 0 N–H and O–H groups in total. The summed E-state index contributed by atoms with van der Waals surface area (Å²) in [6.07, 6.45) is 5.62. The lowest BCUT2D eigenvalue weighted by atomic mass is 9.66. The first kappa shape index (κ1) is 25.1. The highest BCUT2D eigenvalue weighted by Crippen LogP contribution is 2.48. The maximum atomic E-state index is 7.24. The summed E-state index contributed by atoms with van der Waals surface area (Å²) in [5.41, 5.74) is 3.84. The van der Waals surface area contributed by atoms with Crippen molar-refractivity contribution >= 4 is 12.2 Å². The van der Waals surface area contributed by atoms with Crippen LogP contribution in [0.3, 0.4) is 0 Å². The van der Waals surface area contributed by atoms with E-state index in [1.54, 1.807) is 0 Å². The van der Waals surface area contributed by atoms with Gasteiger partial charge in [-0.05, 0) is 48.9 Å². The van der Waals surface area contributed by atoms with Gasteiger partial charge in [-0.15, -0.1) is 0 Å². The molecule has 0 radical (unpaired) electrons. The van der Waals surface area contributed by atoms with Gasteiger partial charge in [0.2, 0.25) is 0 Å². The summed E-state index contributed by atoms with van der Waals surface area (Å²) in [5, 5.41) is 0. The van der Waals surface area contributed by atoms with Crippen LogP contribution in [0.2, 0.25) is 0 Å². The molecule has 0 aromatic heterocycles. The average molecular weight is 419 g/mol. The van der Waals surface area contributed by atoms with E-state index < -0.39 is 0 Å². The van der Waals surface area contributed by atoms with E-state index in [1.807, 2.05) is 12.2 Å².